The summed E-state index contributed by atoms with van der Waals surface area (Å²) >= 11 is 0. The Kier molecular flexibility index (Phi) is 6.60. The van der Waals surface area contributed by atoms with E-state index in [-0.39, 0.29) is 23.9 Å². The summed E-state index contributed by atoms with van der Waals surface area (Å²) in [5.74, 6) is -0.159. The van der Waals surface area contributed by atoms with Crippen LogP contribution in [0.3, 0.4) is 0 Å². The van der Waals surface area contributed by atoms with Crippen LogP contribution >= 0.6 is 0 Å². The van der Waals surface area contributed by atoms with Gasteiger partial charge in [-0.15, -0.1) is 0 Å². The van der Waals surface area contributed by atoms with Crippen LogP contribution in [0.1, 0.15) is 35.6 Å². The van der Waals surface area contributed by atoms with Gasteiger partial charge >= 0.3 is 6.18 Å². The van der Waals surface area contributed by atoms with Crippen LogP contribution in [0.5, 0.6) is 0 Å². The zero-order chi connectivity index (χ0) is 21.8. The highest BCUT2D eigenvalue weighted by atomic mass is 19.4. The van der Waals surface area contributed by atoms with Crippen molar-refractivity contribution in [3.63, 3.8) is 0 Å². The number of hydrogen-bond donors (Lipinski definition) is 3. The first-order valence-corrected chi connectivity index (χ1v) is 10.6. The summed E-state index contributed by atoms with van der Waals surface area (Å²) in [5, 5.41) is 3.18. The number of likely N-dealkylation sites (tertiary alicyclic amines) is 1. The molecule has 5 nitrogen and oxygen atoms in total. The molecule has 1 amide bonds. The van der Waals surface area contributed by atoms with Crippen LogP contribution in [0.4, 0.5) is 13.2 Å². The van der Waals surface area contributed by atoms with Gasteiger partial charge in [-0.2, -0.15) is 13.2 Å². The molecule has 31 heavy (non-hydrogen) atoms. The van der Waals surface area contributed by atoms with Crippen LogP contribution in [0, 0.1) is 5.92 Å². The summed E-state index contributed by atoms with van der Waals surface area (Å²) in [6.07, 6.45) is -2.75. The lowest BCUT2D eigenvalue weighted by atomic mass is 9.93. The standard InChI is InChI=1S/C23H27F3N4O/c24-23(25,26)18-8-4-5-16(13-18)15-30-11-9-19(10-12-30)28-22(31)20-14-27-29-21(20)17-6-2-1-3-7-17/h1-8,13,19-21,27,29H,9-12,14-15H2,(H,28,31). The lowest BCUT2D eigenvalue weighted by Crippen LogP contribution is -2.47. The molecule has 4 rings (SSSR count). The first kappa shape index (κ1) is 21.8. The van der Waals surface area contributed by atoms with E-state index >= 15 is 0 Å². The zero-order valence-electron chi connectivity index (χ0n) is 17.2. The number of carbonyl (C=O) groups excluding carboxylic acids is 1. The Balaban J connectivity index is 1.28. The van der Waals surface area contributed by atoms with E-state index in [9.17, 15) is 18.0 Å². The fourth-order valence-electron chi connectivity index (χ4n) is 4.37. The molecular weight excluding hydrogens is 405 g/mol. The summed E-state index contributed by atoms with van der Waals surface area (Å²) in [4.78, 5) is 15.0. The van der Waals surface area contributed by atoms with Crippen molar-refractivity contribution >= 4 is 5.91 Å². The average Bonchev–Trinajstić information content (AvgIpc) is 3.26. The highest BCUT2D eigenvalue weighted by Crippen LogP contribution is 2.30. The first-order valence-electron chi connectivity index (χ1n) is 10.6. The fraction of sp³-hybridized carbons (Fsp3) is 0.435. The number of halogens is 3. The number of carbonyl (C=O) groups is 1. The number of nitrogens with one attached hydrogen (secondary N) is 3. The number of hydrogen-bond acceptors (Lipinski definition) is 4. The van der Waals surface area contributed by atoms with Crippen LogP contribution < -0.4 is 16.2 Å². The molecular formula is C23H27F3N4O. The normalized spacial score (nSPS) is 23.1. The molecule has 3 N–H and O–H groups in total. The molecule has 2 fully saturated rings. The summed E-state index contributed by atoms with van der Waals surface area (Å²) in [6, 6.07) is 15.4. The molecule has 2 aliphatic heterocycles. The zero-order valence-corrected chi connectivity index (χ0v) is 17.2. The monoisotopic (exact) mass is 432 g/mol. The number of amides is 1. The Labute approximate surface area is 180 Å². The van der Waals surface area contributed by atoms with Gasteiger partial charge < -0.3 is 5.32 Å². The number of rotatable bonds is 5. The Bertz CT molecular complexity index is 882. The number of alkyl halides is 3. The van der Waals surface area contributed by atoms with E-state index in [2.05, 4.69) is 21.1 Å². The van der Waals surface area contributed by atoms with Gasteiger partial charge in [0.15, 0.2) is 0 Å². The van der Waals surface area contributed by atoms with Crippen LogP contribution in [0.15, 0.2) is 54.6 Å². The highest BCUT2D eigenvalue weighted by Gasteiger charge is 2.35. The molecule has 2 atom stereocenters. The molecule has 0 spiro atoms. The second-order valence-electron chi connectivity index (χ2n) is 8.28. The summed E-state index contributed by atoms with van der Waals surface area (Å²) in [6.45, 7) is 2.53. The molecule has 2 aliphatic rings. The van der Waals surface area contributed by atoms with Crippen molar-refractivity contribution in [2.45, 2.75) is 37.6 Å². The molecule has 2 unspecified atom stereocenters. The van der Waals surface area contributed by atoms with Gasteiger partial charge in [-0.25, -0.2) is 5.43 Å². The van der Waals surface area contributed by atoms with E-state index in [0.717, 1.165) is 37.6 Å². The maximum atomic E-state index is 12.9. The third-order valence-corrected chi connectivity index (χ3v) is 6.07. The van der Waals surface area contributed by atoms with Crippen LogP contribution in [-0.2, 0) is 17.5 Å². The minimum Gasteiger partial charge on any atom is -0.353 e. The van der Waals surface area contributed by atoms with E-state index in [0.29, 0.717) is 18.7 Å². The molecule has 0 saturated carbocycles. The van der Waals surface area contributed by atoms with Crippen molar-refractivity contribution < 1.29 is 18.0 Å². The minimum atomic E-state index is -4.32. The van der Waals surface area contributed by atoms with Gasteiger partial charge in [0.25, 0.3) is 0 Å². The predicted molar refractivity (Wildman–Crippen MR) is 112 cm³/mol. The maximum absolute atomic E-state index is 12.9. The second-order valence-corrected chi connectivity index (χ2v) is 8.28. The van der Waals surface area contributed by atoms with Crippen LogP contribution in [-0.4, -0.2) is 36.5 Å². The summed E-state index contributed by atoms with van der Waals surface area (Å²) in [7, 11) is 0. The highest BCUT2D eigenvalue weighted by molar-refractivity contribution is 5.80. The molecule has 2 saturated heterocycles. The quantitative estimate of drug-likeness (QED) is 0.679. The average molecular weight is 432 g/mol. The predicted octanol–water partition coefficient (Wildman–Crippen LogP) is 3.25. The second kappa shape index (κ2) is 9.38. The van der Waals surface area contributed by atoms with Gasteiger partial charge in [0.2, 0.25) is 5.91 Å². The van der Waals surface area contributed by atoms with Gasteiger partial charge in [0.05, 0.1) is 17.5 Å². The molecule has 0 bridgehead atoms. The van der Waals surface area contributed by atoms with Crippen molar-refractivity contribution in [2.24, 2.45) is 5.92 Å². The number of piperidine rings is 1. The Hall–Kier alpha value is -2.42. The van der Waals surface area contributed by atoms with Crippen molar-refractivity contribution in [2.75, 3.05) is 19.6 Å². The number of benzene rings is 2. The van der Waals surface area contributed by atoms with E-state index in [1.54, 1.807) is 6.07 Å². The van der Waals surface area contributed by atoms with Gasteiger partial charge in [-0.1, -0.05) is 48.5 Å². The Morgan fingerprint density at radius 1 is 1.06 bits per heavy atom. The third-order valence-electron chi connectivity index (χ3n) is 6.07. The lowest BCUT2D eigenvalue weighted by Gasteiger charge is -2.33. The molecule has 2 aromatic carbocycles. The Morgan fingerprint density at radius 3 is 2.52 bits per heavy atom. The summed E-state index contributed by atoms with van der Waals surface area (Å²) in [5.41, 5.74) is 7.40. The molecule has 2 heterocycles. The Morgan fingerprint density at radius 2 is 1.81 bits per heavy atom. The van der Waals surface area contributed by atoms with E-state index in [1.807, 2.05) is 30.3 Å². The van der Waals surface area contributed by atoms with Crippen molar-refractivity contribution in [3.05, 3.63) is 71.3 Å². The van der Waals surface area contributed by atoms with Crippen molar-refractivity contribution in [3.8, 4) is 0 Å². The van der Waals surface area contributed by atoms with Gasteiger partial charge in [-0.05, 0) is 30.0 Å². The van der Waals surface area contributed by atoms with E-state index in [1.165, 1.54) is 12.1 Å². The first-order chi connectivity index (χ1) is 14.9. The molecule has 166 valence electrons. The van der Waals surface area contributed by atoms with Crippen molar-refractivity contribution in [1.29, 1.82) is 0 Å². The topological polar surface area (TPSA) is 56.4 Å². The molecule has 8 heteroatoms. The maximum Gasteiger partial charge on any atom is 0.416 e. The third kappa shape index (κ3) is 5.44. The largest absolute Gasteiger partial charge is 0.416 e. The smallest absolute Gasteiger partial charge is 0.353 e. The van der Waals surface area contributed by atoms with Crippen molar-refractivity contribution in [1.82, 2.24) is 21.1 Å². The lowest BCUT2D eigenvalue weighted by molar-refractivity contribution is -0.137. The van der Waals surface area contributed by atoms with Gasteiger partial charge in [0.1, 0.15) is 0 Å². The fourth-order valence-corrected chi connectivity index (χ4v) is 4.37. The van der Waals surface area contributed by atoms with E-state index < -0.39 is 11.7 Å². The van der Waals surface area contributed by atoms with Crippen LogP contribution in [0.2, 0.25) is 0 Å². The number of hydrazine groups is 1. The SMILES string of the molecule is O=C(NC1CCN(Cc2cccc(C(F)(F)F)c2)CC1)C1CNNC1c1ccccc1. The van der Waals surface area contributed by atoms with Gasteiger partial charge in [0, 0.05) is 32.2 Å². The molecule has 0 aromatic heterocycles. The van der Waals surface area contributed by atoms with E-state index in [4.69, 9.17) is 0 Å². The molecule has 0 aliphatic carbocycles. The molecule has 2 aromatic rings. The van der Waals surface area contributed by atoms with Crippen LogP contribution in [0.25, 0.3) is 0 Å². The van der Waals surface area contributed by atoms with Gasteiger partial charge in [-0.3, -0.25) is 15.1 Å². The minimum absolute atomic E-state index is 0.0303. The number of nitrogens with zero attached hydrogens (tertiary/aromatic N) is 1. The summed E-state index contributed by atoms with van der Waals surface area (Å²) < 4.78 is 38.8. The molecule has 0 radical (unpaired) electrons.